The highest BCUT2D eigenvalue weighted by atomic mass is 16.1. The van der Waals surface area contributed by atoms with Gasteiger partial charge in [-0.15, -0.1) is 0 Å². The molecule has 2 aliphatic rings. The van der Waals surface area contributed by atoms with Crippen LogP contribution in [0, 0.1) is 0 Å². The molecular weight excluding hydrogens is 364 g/mol. The van der Waals surface area contributed by atoms with Crippen LogP contribution < -0.4 is 16.8 Å². The average Bonchev–Trinajstić information content (AvgIpc) is 2.71. The van der Waals surface area contributed by atoms with Gasteiger partial charge in [0.25, 0.3) is 0 Å². The molecule has 152 valence electrons. The van der Waals surface area contributed by atoms with E-state index in [0.29, 0.717) is 16.8 Å². The molecule has 1 aliphatic heterocycles. The quantitative estimate of drug-likeness (QED) is 0.352. The zero-order chi connectivity index (χ0) is 20.6. The number of carbonyl (C=O) groups excluding carboxylic acids is 2. The van der Waals surface area contributed by atoms with Crippen LogP contribution in [0.1, 0.15) is 57.5 Å². The number of rotatable bonds is 5. The van der Waals surface area contributed by atoms with E-state index in [4.69, 9.17) is 11.5 Å². The van der Waals surface area contributed by atoms with Crippen molar-refractivity contribution in [2.75, 3.05) is 50.0 Å². The Kier molecular flexibility index (Phi) is 5.04. The Morgan fingerprint density at radius 1 is 0.897 bits per heavy atom. The summed E-state index contributed by atoms with van der Waals surface area (Å²) in [6.45, 7) is 4.35. The van der Waals surface area contributed by atoms with Gasteiger partial charge in [0, 0.05) is 35.6 Å². The summed E-state index contributed by atoms with van der Waals surface area (Å²) in [5.74, 6) is -0.480. The van der Waals surface area contributed by atoms with Crippen molar-refractivity contribution in [3.8, 4) is 0 Å². The largest absolute Gasteiger partial charge is 0.398 e. The van der Waals surface area contributed by atoms with Crippen molar-refractivity contribution in [2.24, 2.45) is 0 Å². The zero-order valence-corrected chi connectivity index (χ0v) is 17.0. The van der Waals surface area contributed by atoms with Crippen LogP contribution in [-0.4, -0.2) is 49.3 Å². The Bertz CT molecular complexity index is 977. The van der Waals surface area contributed by atoms with E-state index >= 15 is 0 Å². The van der Waals surface area contributed by atoms with Gasteiger partial charge < -0.3 is 21.3 Å². The number of quaternary nitrogens is 1. The Morgan fingerprint density at radius 2 is 1.55 bits per heavy atom. The van der Waals surface area contributed by atoms with Crippen molar-refractivity contribution in [1.82, 2.24) is 0 Å². The van der Waals surface area contributed by atoms with Crippen molar-refractivity contribution >= 4 is 28.6 Å². The molecule has 0 radical (unpaired) electrons. The lowest BCUT2D eigenvalue weighted by atomic mass is 9.81. The van der Waals surface area contributed by atoms with E-state index < -0.39 is 0 Å². The third kappa shape index (κ3) is 3.49. The van der Waals surface area contributed by atoms with E-state index in [2.05, 4.69) is 12.4 Å². The molecule has 6 nitrogen and oxygen atoms in total. The Morgan fingerprint density at radius 3 is 2.24 bits per heavy atom. The molecule has 0 aromatic heterocycles. The third-order valence-electron chi connectivity index (χ3n) is 6.35. The van der Waals surface area contributed by atoms with E-state index in [1.165, 1.54) is 32.4 Å². The number of fused-ring (bicyclic) bond motifs is 2. The van der Waals surface area contributed by atoms with Gasteiger partial charge in [0.15, 0.2) is 11.6 Å². The summed E-state index contributed by atoms with van der Waals surface area (Å²) < 4.78 is 1.12. The molecule has 0 amide bonds. The summed E-state index contributed by atoms with van der Waals surface area (Å²) in [7, 11) is 2.33. The Hall–Kier alpha value is -2.86. The number of nitrogens with one attached hydrogen (secondary N) is 1. The molecular formula is C23H29N4O2+. The number of benzene rings is 2. The lowest BCUT2D eigenvalue weighted by molar-refractivity contribution is -0.914. The lowest BCUT2D eigenvalue weighted by Crippen LogP contribution is -2.48. The van der Waals surface area contributed by atoms with Crippen LogP contribution >= 0.6 is 0 Å². The maximum absolute atomic E-state index is 13.2. The molecule has 2 aromatic carbocycles. The second kappa shape index (κ2) is 7.52. The van der Waals surface area contributed by atoms with E-state index in [-0.39, 0.29) is 34.1 Å². The van der Waals surface area contributed by atoms with Gasteiger partial charge in [-0.2, -0.15) is 0 Å². The van der Waals surface area contributed by atoms with E-state index in [9.17, 15) is 9.59 Å². The second-order valence-corrected chi connectivity index (χ2v) is 8.51. The van der Waals surface area contributed by atoms with Crippen molar-refractivity contribution in [1.29, 1.82) is 0 Å². The molecule has 1 saturated heterocycles. The summed E-state index contributed by atoms with van der Waals surface area (Å²) >= 11 is 0. The fraction of sp³-hybridized carbons (Fsp3) is 0.391. The first kappa shape index (κ1) is 19.5. The number of piperidine rings is 1. The number of anilines is 3. The number of hydrogen-bond donors (Lipinski definition) is 3. The standard InChI is InChI=1S/C23H28N4O2/c1-27(12-3-2-4-13-27)14-6-11-26-18-8-5-7-15-19(18)23(29)21-17(25)10-9-16(24)20(21)22(15)28/h5,7-10H,2-4,6,11-14H2,1H3,(H4-,24,25,26,28,29)/p+1. The van der Waals surface area contributed by atoms with Crippen LogP contribution in [0.2, 0.25) is 0 Å². The summed E-state index contributed by atoms with van der Waals surface area (Å²) in [6, 6.07) is 8.51. The van der Waals surface area contributed by atoms with Gasteiger partial charge in [0.2, 0.25) is 0 Å². The summed E-state index contributed by atoms with van der Waals surface area (Å²) in [6.07, 6.45) is 4.95. The van der Waals surface area contributed by atoms with Crippen molar-refractivity contribution in [3.05, 3.63) is 52.6 Å². The molecule has 2 aromatic rings. The number of nitrogens with two attached hydrogens (primary N) is 2. The molecule has 0 spiro atoms. The van der Waals surface area contributed by atoms with Gasteiger partial charge in [0.1, 0.15) is 0 Å². The minimum atomic E-state index is -0.241. The van der Waals surface area contributed by atoms with Crippen LogP contribution in [-0.2, 0) is 0 Å². The Labute approximate surface area is 171 Å². The van der Waals surface area contributed by atoms with Gasteiger partial charge in [-0.05, 0) is 37.5 Å². The summed E-state index contributed by atoms with van der Waals surface area (Å²) in [4.78, 5) is 26.3. The van der Waals surface area contributed by atoms with Gasteiger partial charge in [-0.3, -0.25) is 9.59 Å². The highest BCUT2D eigenvalue weighted by molar-refractivity contribution is 6.33. The van der Waals surface area contributed by atoms with Gasteiger partial charge in [-0.25, -0.2) is 0 Å². The van der Waals surface area contributed by atoms with E-state index in [1.54, 1.807) is 24.3 Å². The molecule has 1 fully saturated rings. The topological polar surface area (TPSA) is 98.2 Å². The molecule has 4 rings (SSSR count). The van der Waals surface area contributed by atoms with Gasteiger partial charge >= 0.3 is 0 Å². The smallest absolute Gasteiger partial charge is 0.198 e. The lowest BCUT2D eigenvalue weighted by Gasteiger charge is -2.38. The molecule has 1 heterocycles. The molecule has 6 heteroatoms. The monoisotopic (exact) mass is 393 g/mol. The number of likely N-dealkylation sites (tertiary alicyclic amines) is 1. The fourth-order valence-corrected chi connectivity index (χ4v) is 4.70. The van der Waals surface area contributed by atoms with Crippen molar-refractivity contribution < 1.29 is 14.1 Å². The zero-order valence-electron chi connectivity index (χ0n) is 17.0. The second-order valence-electron chi connectivity index (χ2n) is 8.51. The molecule has 5 N–H and O–H groups in total. The van der Waals surface area contributed by atoms with E-state index in [0.717, 1.165) is 24.0 Å². The minimum absolute atomic E-state index is 0.224. The van der Waals surface area contributed by atoms with Crippen LogP contribution in [0.25, 0.3) is 0 Å². The maximum Gasteiger partial charge on any atom is 0.198 e. The minimum Gasteiger partial charge on any atom is -0.398 e. The predicted molar refractivity (Wildman–Crippen MR) is 116 cm³/mol. The van der Waals surface area contributed by atoms with Crippen molar-refractivity contribution in [2.45, 2.75) is 25.7 Å². The van der Waals surface area contributed by atoms with Gasteiger partial charge in [0.05, 0.1) is 43.4 Å². The van der Waals surface area contributed by atoms with Crippen LogP contribution in [0.15, 0.2) is 30.3 Å². The van der Waals surface area contributed by atoms with Crippen LogP contribution in [0.4, 0.5) is 17.1 Å². The summed E-state index contributed by atoms with van der Waals surface area (Å²) in [5.41, 5.74) is 14.5. The first-order chi connectivity index (χ1) is 13.9. The number of nitrogens with zero attached hydrogens (tertiary/aromatic N) is 1. The summed E-state index contributed by atoms with van der Waals surface area (Å²) in [5, 5.41) is 3.39. The number of carbonyl (C=O) groups is 2. The van der Waals surface area contributed by atoms with Crippen LogP contribution in [0.5, 0.6) is 0 Å². The number of hydrogen-bond acceptors (Lipinski definition) is 5. The molecule has 0 saturated carbocycles. The molecule has 0 atom stereocenters. The molecule has 29 heavy (non-hydrogen) atoms. The number of ketones is 2. The molecule has 0 bridgehead atoms. The third-order valence-corrected chi connectivity index (χ3v) is 6.35. The van der Waals surface area contributed by atoms with Gasteiger partial charge in [-0.1, -0.05) is 12.1 Å². The normalized spacial score (nSPS) is 17.6. The molecule has 0 unspecified atom stereocenters. The SMILES string of the molecule is C[N+]1(CCCNc2cccc3c2C(=O)c2c(N)ccc(N)c2C3=O)CCCCC1. The highest BCUT2D eigenvalue weighted by Gasteiger charge is 2.34. The first-order valence-corrected chi connectivity index (χ1v) is 10.4. The van der Waals surface area contributed by atoms with E-state index in [1.807, 2.05) is 6.07 Å². The van der Waals surface area contributed by atoms with Crippen LogP contribution in [0.3, 0.4) is 0 Å². The molecule has 1 aliphatic carbocycles. The maximum atomic E-state index is 13.2. The fourth-order valence-electron chi connectivity index (χ4n) is 4.70. The van der Waals surface area contributed by atoms with Crippen molar-refractivity contribution in [3.63, 3.8) is 0 Å². The average molecular weight is 394 g/mol. The highest BCUT2D eigenvalue weighted by Crippen LogP contribution is 2.37. The predicted octanol–water partition coefficient (Wildman–Crippen LogP) is 3.06. The Balaban J connectivity index is 1.55. The first-order valence-electron chi connectivity index (χ1n) is 10.4. The number of nitrogen functional groups attached to an aromatic ring is 2.